The standard InChI is InChI=1S/C17H14F5N5O4S2/c1-2-33(30,31)11-3-4-13(27-8-23-7-25-27)26-14(11)24-6-10-9(15(28)29)5-12(32-10)16(18,19)17(20,21)22/h3-5,7-8H,2,6H2,1H3,(H,24,26)(H,28,29). The smallest absolute Gasteiger partial charge is 0.458 e. The molecule has 16 heteroatoms. The normalized spacial score (nSPS) is 12.7. The average molecular weight is 511 g/mol. The lowest BCUT2D eigenvalue weighted by molar-refractivity contribution is -0.287. The Labute approximate surface area is 186 Å². The number of thiophene rings is 1. The number of hydrogen-bond donors (Lipinski definition) is 2. The highest BCUT2D eigenvalue weighted by molar-refractivity contribution is 7.91. The van der Waals surface area contributed by atoms with Crippen LogP contribution >= 0.6 is 11.3 Å². The SMILES string of the molecule is CCS(=O)(=O)c1ccc(-n2cncn2)nc1NCc1sc(C(F)(F)C(F)(F)F)cc1C(=O)O. The van der Waals surface area contributed by atoms with E-state index in [1.807, 2.05) is 0 Å². The molecule has 0 bridgehead atoms. The van der Waals surface area contributed by atoms with Crippen molar-refractivity contribution in [3.05, 3.63) is 46.2 Å². The summed E-state index contributed by atoms with van der Waals surface area (Å²) in [5.41, 5.74) is -0.779. The molecule has 0 saturated heterocycles. The van der Waals surface area contributed by atoms with Gasteiger partial charge in [-0.3, -0.25) is 0 Å². The molecule has 3 heterocycles. The summed E-state index contributed by atoms with van der Waals surface area (Å²) in [5, 5.41) is 15.6. The summed E-state index contributed by atoms with van der Waals surface area (Å²) in [6, 6.07) is 2.79. The maximum Gasteiger partial charge on any atom is 0.458 e. The van der Waals surface area contributed by atoms with Crippen molar-refractivity contribution < 1.29 is 40.3 Å². The van der Waals surface area contributed by atoms with Crippen LogP contribution in [0.5, 0.6) is 0 Å². The van der Waals surface area contributed by atoms with Crippen LogP contribution in [0.4, 0.5) is 27.8 Å². The van der Waals surface area contributed by atoms with Crippen LogP contribution in [0.3, 0.4) is 0 Å². The third-order valence-corrected chi connectivity index (χ3v) is 7.30. The maximum atomic E-state index is 13.7. The molecule has 0 aliphatic rings. The second kappa shape index (κ2) is 8.66. The third-order valence-electron chi connectivity index (χ3n) is 4.33. The molecule has 0 amide bonds. The van der Waals surface area contributed by atoms with Gasteiger partial charge in [-0.1, -0.05) is 6.92 Å². The molecule has 3 aromatic heterocycles. The van der Waals surface area contributed by atoms with Gasteiger partial charge in [0.2, 0.25) is 0 Å². The van der Waals surface area contributed by atoms with E-state index in [4.69, 9.17) is 0 Å². The summed E-state index contributed by atoms with van der Waals surface area (Å²) in [7, 11) is -3.83. The van der Waals surface area contributed by atoms with Crippen molar-refractivity contribution in [1.82, 2.24) is 19.7 Å². The number of anilines is 1. The van der Waals surface area contributed by atoms with Gasteiger partial charge in [0.15, 0.2) is 15.7 Å². The van der Waals surface area contributed by atoms with Crippen molar-refractivity contribution >= 4 is 33.0 Å². The van der Waals surface area contributed by atoms with Gasteiger partial charge in [0, 0.05) is 4.88 Å². The molecule has 0 fully saturated rings. The second-order valence-corrected chi connectivity index (χ2v) is 9.82. The van der Waals surface area contributed by atoms with Gasteiger partial charge in [0.05, 0.1) is 22.7 Å². The Bertz CT molecular complexity index is 1270. The van der Waals surface area contributed by atoms with Crippen molar-refractivity contribution in [3.63, 3.8) is 0 Å². The van der Waals surface area contributed by atoms with Gasteiger partial charge in [0.1, 0.15) is 23.4 Å². The first-order valence-corrected chi connectivity index (χ1v) is 11.4. The molecule has 0 aliphatic carbocycles. The number of sulfone groups is 1. The molecule has 0 spiro atoms. The molecular formula is C17H14F5N5O4S2. The number of nitrogens with one attached hydrogen (secondary N) is 1. The molecule has 2 N–H and O–H groups in total. The van der Waals surface area contributed by atoms with Gasteiger partial charge >= 0.3 is 18.1 Å². The predicted molar refractivity (Wildman–Crippen MR) is 105 cm³/mol. The van der Waals surface area contributed by atoms with Crippen LogP contribution in [0.1, 0.15) is 27.0 Å². The Hall–Kier alpha value is -3.14. The number of aromatic nitrogens is 4. The molecule has 0 aromatic carbocycles. The second-order valence-electron chi connectivity index (χ2n) is 6.44. The van der Waals surface area contributed by atoms with E-state index in [9.17, 15) is 40.3 Å². The first-order valence-electron chi connectivity index (χ1n) is 8.91. The van der Waals surface area contributed by atoms with Crippen molar-refractivity contribution in [2.45, 2.75) is 30.5 Å². The monoisotopic (exact) mass is 511 g/mol. The Morgan fingerprint density at radius 3 is 2.48 bits per heavy atom. The van der Waals surface area contributed by atoms with Crippen molar-refractivity contribution in [2.24, 2.45) is 0 Å². The highest BCUT2D eigenvalue weighted by atomic mass is 32.2. The topological polar surface area (TPSA) is 127 Å². The van der Waals surface area contributed by atoms with Crippen molar-refractivity contribution in [2.75, 3.05) is 11.1 Å². The van der Waals surface area contributed by atoms with Crippen LogP contribution in [0, 0.1) is 0 Å². The molecule has 9 nitrogen and oxygen atoms in total. The summed E-state index contributed by atoms with van der Waals surface area (Å²) < 4.78 is 91.6. The van der Waals surface area contributed by atoms with Gasteiger partial charge in [0.25, 0.3) is 0 Å². The minimum atomic E-state index is -5.92. The van der Waals surface area contributed by atoms with Gasteiger partial charge in [-0.25, -0.2) is 27.9 Å². The Morgan fingerprint density at radius 1 is 1.24 bits per heavy atom. The lowest BCUT2D eigenvalue weighted by Gasteiger charge is -2.17. The van der Waals surface area contributed by atoms with E-state index in [0.29, 0.717) is 0 Å². The lowest BCUT2D eigenvalue weighted by Crippen LogP contribution is -2.32. The Kier molecular flexibility index (Phi) is 6.43. The summed E-state index contributed by atoms with van der Waals surface area (Å²) in [4.78, 5) is 17.1. The van der Waals surface area contributed by atoms with Crippen LogP contribution in [-0.4, -0.2) is 51.2 Å². The van der Waals surface area contributed by atoms with Gasteiger partial charge in [-0.05, 0) is 18.2 Å². The molecule has 0 unspecified atom stereocenters. The Morgan fingerprint density at radius 2 is 1.94 bits per heavy atom. The highest BCUT2D eigenvalue weighted by Gasteiger charge is 2.60. The summed E-state index contributed by atoms with van der Waals surface area (Å²) in [5.74, 6) is -7.44. The van der Waals surface area contributed by atoms with E-state index in [2.05, 4.69) is 20.4 Å². The number of carbonyl (C=O) groups is 1. The number of nitrogens with zero attached hydrogens (tertiary/aromatic N) is 4. The van der Waals surface area contributed by atoms with E-state index in [1.165, 1.54) is 36.4 Å². The molecule has 3 rings (SSSR count). The van der Waals surface area contributed by atoms with E-state index in [0.717, 1.165) is 0 Å². The largest absolute Gasteiger partial charge is 0.478 e. The summed E-state index contributed by atoms with van der Waals surface area (Å²) in [6.45, 7) is 0.790. The molecule has 0 saturated carbocycles. The molecule has 0 atom stereocenters. The van der Waals surface area contributed by atoms with Gasteiger partial charge in [-0.2, -0.15) is 27.1 Å². The average Bonchev–Trinajstić information content (AvgIpc) is 3.41. The van der Waals surface area contributed by atoms with E-state index in [1.54, 1.807) is 0 Å². The number of halogens is 5. The van der Waals surface area contributed by atoms with E-state index < -0.39 is 44.9 Å². The number of alkyl halides is 5. The van der Waals surface area contributed by atoms with Crippen LogP contribution in [0.25, 0.3) is 5.82 Å². The molecular weight excluding hydrogens is 497 g/mol. The maximum absolute atomic E-state index is 13.7. The number of hydrogen-bond acceptors (Lipinski definition) is 8. The lowest BCUT2D eigenvalue weighted by atomic mass is 10.2. The summed E-state index contributed by atoms with van der Waals surface area (Å²) >= 11 is -0.0562. The summed E-state index contributed by atoms with van der Waals surface area (Å²) in [6.07, 6.45) is -3.46. The number of carboxylic acid groups (broad SMARTS) is 1. The van der Waals surface area contributed by atoms with Crippen LogP contribution < -0.4 is 5.32 Å². The van der Waals surface area contributed by atoms with E-state index >= 15 is 0 Å². The zero-order valence-corrected chi connectivity index (χ0v) is 18.1. The quantitative estimate of drug-likeness (QED) is 0.440. The predicted octanol–water partition coefficient (Wildman–Crippen LogP) is 3.48. The fraction of sp³-hybridized carbons (Fsp3) is 0.294. The minimum Gasteiger partial charge on any atom is -0.478 e. The van der Waals surface area contributed by atoms with Gasteiger partial charge < -0.3 is 10.4 Å². The Balaban J connectivity index is 2.02. The van der Waals surface area contributed by atoms with Gasteiger partial charge in [-0.15, -0.1) is 11.3 Å². The van der Waals surface area contributed by atoms with Crippen molar-refractivity contribution in [1.29, 1.82) is 0 Å². The van der Waals surface area contributed by atoms with Crippen LogP contribution in [0.2, 0.25) is 0 Å². The fourth-order valence-corrected chi connectivity index (χ4v) is 4.71. The number of carboxylic acids is 1. The molecule has 0 aliphatic heterocycles. The first-order chi connectivity index (χ1) is 15.3. The number of aromatic carboxylic acids is 1. The van der Waals surface area contributed by atoms with E-state index in [-0.39, 0.29) is 44.6 Å². The minimum absolute atomic E-state index is 0.0562. The van der Waals surface area contributed by atoms with Crippen LogP contribution in [0.15, 0.2) is 35.7 Å². The zero-order valence-electron chi connectivity index (χ0n) is 16.5. The number of pyridine rings is 1. The first kappa shape index (κ1) is 24.5. The molecule has 0 radical (unpaired) electrons. The molecule has 3 aromatic rings. The van der Waals surface area contributed by atoms with Crippen LogP contribution in [-0.2, 0) is 22.3 Å². The fourth-order valence-electron chi connectivity index (χ4n) is 2.62. The third kappa shape index (κ3) is 4.80. The molecule has 33 heavy (non-hydrogen) atoms. The van der Waals surface area contributed by atoms with Crippen molar-refractivity contribution in [3.8, 4) is 5.82 Å². The highest BCUT2D eigenvalue weighted by Crippen LogP contribution is 2.47. The number of rotatable bonds is 8. The zero-order chi connectivity index (χ0) is 24.6. The molecule has 178 valence electrons.